The molecule has 2 fully saturated rings. The second-order valence-corrected chi connectivity index (χ2v) is 13.6. The van der Waals surface area contributed by atoms with Gasteiger partial charge in [-0.25, -0.2) is 4.79 Å². The summed E-state index contributed by atoms with van der Waals surface area (Å²) in [6.07, 6.45) is 1.23. The minimum Gasteiger partial charge on any atom is -0.392 e. The number of aliphatic hydroxyl groups is 1. The van der Waals surface area contributed by atoms with Gasteiger partial charge in [-0.2, -0.15) is 0 Å². The van der Waals surface area contributed by atoms with Crippen LogP contribution in [0.2, 0.25) is 0 Å². The largest absolute Gasteiger partial charge is 0.392 e. The number of rotatable bonds is 7. The summed E-state index contributed by atoms with van der Waals surface area (Å²) < 4.78 is 12.8. The zero-order valence-electron chi connectivity index (χ0n) is 23.8. The van der Waals surface area contributed by atoms with E-state index in [2.05, 4.69) is 15.2 Å². The molecule has 3 heterocycles. The van der Waals surface area contributed by atoms with Crippen LogP contribution >= 0.6 is 34.8 Å². The molecule has 6 rings (SSSR count). The van der Waals surface area contributed by atoms with E-state index in [1.807, 2.05) is 59.2 Å². The smallest absolute Gasteiger partial charge is 0.326 e. The van der Waals surface area contributed by atoms with Gasteiger partial charge in [-0.3, -0.25) is 9.36 Å². The first-order chi connectivity index (χ1) is 21.2. The SMILES string of the molecule is O=C(Nc1cccc([C@H]2O[C@@H](CN3CCC(n4c(=O)[nH]c5ccccc54)CC3)C[C@@H](c3ccc(CO)cc3)O2)c1)C(Cl)(Cl)Cl. The number of hydrogen-bond acceptors (Lipinski definition) is 6. The molecule has 3 N–H and O–H groups in total. The number of aromatic amines is 1. The number of hydrogen-bond donors (Lipinski definition) is 3. The number of carbonyl (C=O) groups excluding carboxylic acids is 1. The Hall–Kier alpha value is -2.89. The van der Waals surface area contributed by atoms with E-state index >= 15 is 0 Å². The highest BCUT2D eigenvalue weighted by molar-refractivity contribution is 6.76. The van der Waals surface area contributed by atoms with Crippen LogP contribution in [0.3, 0.4) is 0 Å². The van der Waals surface area contributed by atoms with E-state index in [9.17, 15) is 14.7 Å². The number of amides is 1. The molecule has 4 aromatic rings. The number of likely N-dealkylation sites (tertiary alicyclic amines) is 1. The molecule has 2 saturated heterocycles. The van der Waals surface area contributed by atoms with Gasteiger partial charge in [-0.1, -0.05) is 83.3 Å². The highest BCUT2D eigenvalue weighted by atomic mass is 35.6. The number of piperidine rings is 1. The third-order valence-electron chi connectivity index (χ3n) is 8.30. The molecule has 2 aliphatic heterocycles. The Morgan fingerprint density at radius 1 is 0.977 bits per heavy atom. The van der Waals surface area contributed by atoms with E-state index in [4.69, 9.17) is 44.3 Å². The molecule has 12 heteroatoms. The number of aliphatic hydroxyl groups excluding tert-OH is 1. The van der Waals surface area contributed by atoms with E-state index < -0.39 is 16.0 Å². The van der Waals surface area contributed by atoms with Crippen molar-refractivity contribution in [3.8, 4) is 0 Å². The number of benzene rings is 3. The lowest BCUT2D eigenvalue weighted by Crippen LogP contribution is -2.43. The van der Waals surface area contributed by atoms with Crippen LogP contribution in [0.25, 0.3) is 11.0 Å². The number of para-hydroxylation sites is 2. The number of fused-ring (bicyclic) bond motifs is 1. The van der Waals surface area contributed by atoms with Crippen molar-refractivity contribution in [2.24, 2.45) is 0 Å². The predicted octanol–water partition coefficient (Wildman–Crippen LogP) is 6.01. The number of aromatic nitrogens is 2. The monoisotopic (exact) mass is 658 g/mol. The Kier molecular flexibility index (Phi) is 9.35. The lowest BCUT2D eigenvalue weighted by atomic mass is 9.98. The van der Waals surface area contributed by atoms with Gasteiger partial charge in [0.2, 0.25) is 0 Å². The maximum Gasteiger partial charge on any atom is 0.326 e. The number of alkyl halides is 3. The summed E-state index contributed by atoms with van der Waals surface area (Å²) in [6.45, 7) is 2.32. The first kappa shape index (κ1) is 31.1. The minimum atomic E-state index is -2.10. The van der Waals surface area contributed by atoms with Crippen molar-refractivity contribution in [3.05, 3.63) is 100.0 Å². The van der Waals surface area contributed by atoms with Gasteiger partial charge in [-0.15, -0.1) is 0 Å². The number of imidazole rings is 1. The maximum atomic E-state index is 12.8. The fraction of sp³-hybridized carbons (Fsp3) is 0.375. The van der Waals surface area contributed by atoms with Gasteiger partial charge in [0.05, 0.1) is 29.8 Å². The molecule has 0 aliphatic carbocycles. The summed E-state index contributed by atoms with van der Waals surface area (Å²) >= 11 is 17.2. The number of ether oxygens (including phenoxy) is 2. The third-order valence-corrected chi connectivity index (χ3v) is 8.81. The van der Waals surface area contributed by atoms with Crippen LogP contribution < -0.4 is 11.0 Å². The standard InChI is InChI=1S/C32H33Cl3N4O5/c33-32(34,35)30(41)36-23-5-3-4-22(16-23)29-43-25(17-28(44-29)21-10-8-20(19-40)9-11-21)18-38-14-12-24(13-15-38)39-27-7-2-1-6-26(27)37-31(39)42/h1-11,16,24-25,28-29,40H,12-15,17-19H2,(H,36,41)(H,37,42)/t25-,28+,29+/m1/s1. The molecular formula is C32H33Cl3N4O5. The molecule has 1 aromatic heterocycles. The van der Waals surface area contributed by atoms with E-state index in [0.717, 1.165) is 48.1 Å². The van der Waals surface area contributed by atoms with Crippen LogP contribution in [0.4, 0.5) is 5.69 Å². The highest BCUT2D eigenvalue weighted by Gasteiger charge is 2.35. The van der Waals surface area contributed by atoms with E-state index in [-0.39, 0.29) is 30.5 Å². The van der Waals surface area contributed by atoms with Gasteiger partial charge < -0.3 is 29.8 Å². The van der Waals surface area contributed by atoms with Crippen LogP contribution in [-0.2, 0) is 20.9 Å². The van der Waals surface area contributed by atoms with Crippen LogP contribution in [-0.4, -0.2) is 55.0 Å². The Labute approximate surface area is 269 Å². The summed E-state index contributed by atoms with van der Waals surface area (Å²) in [4.78, 5) is 30.4. The van der Waals surface area contributed by atoms with Crippen molar-refractivity contribution in [1.29, 1.82) is 0 Å². The molecule has 0 radical (unpaired) electrons. The number of nitrogens with one attached hydrogen (secondary N) is 2. The fourth-order valence-corrected chi connectivity index (χ4v) is 6.22. The summed E-state index contributed by atoms with van der Waals surface area (Å²) in [5.41, 5.74) is 4.70. The summed E-state index contributed by atoms with van der Waals surface area (Å²) in [5, 5.41) is 12.1. The lowest BCUT2D eigenvalue weighted by Gasteiger charge is -2.40. The number of anilines is 1. The molecule has 0 unspecified atom stereocenters. The van der Waals surface area contributed by atoms with Crippen LogP contribution in [0.15, 0.2) is 77.6 Å². The van der Waals surface area contributed by atoms with E-state index in [1.165, 1.54) is 0 Å². The Balaban J connectivity index is 1.18. The second kappa shape index (κ2) is 13.2. The Morgan fingerprint density at radius 3 is 2.45 bits per heavy atom. The van der Waals surface area contributed by atoms with Crippen molar-refractivity contribution < 1.29 is 19.4 Å². The van der Waals surface area contributed by atoms with Crippen molar-refractivity contribution in [2.45, 2.75) is 54.2 Å². The minimum absolute atomic E-state index is 0.0342. The Morgan fingerprint density at radius 2 is 1.73 bits per heavy atom. The van der Waals surface area contributed by atoms with E-state index in [0.29, 0.717) is 24.2 Å². The molecule has 232 valence electrons. The molecule has 0 saturated carbocycles. The number of H-pyrrole nitrogens is 1. The number of nitrogens with zero attached hydrogens (tertiary/aromatic N) is 2. The molecule has 3 atom stereocenters. The molecule has 2 aliphatic rings. The normalized spacial score (nSPS) is 21.9. The topological polar surface area (TPSA) is 109 Å². The highest BCUT2D eigenvalue weighted by Crippen LogP contribution is 2.39. The molecule has 0 bridgehead atoms. The second-order valence-electron chi connectivity index (χ2n) is 11.3. The first-order valence-electron chi connectivity index (χ1n) is 14.6. The molecule has 44 heavy (non-hydrogen) atoms. The average Bonchev–Trinajstić information content (AvgIpc) is 3.36. The van der Waals surface area contributed by atoms with E-state index in [1.54, 1.807) is 18.2 Å². The summed E-state index contributed by atoms with van der Waals surface area (Å²) in [7, 11) is 0. The van der Waals surface area contributed by atoms with Crippen molar-refractivity contribution in [2.75, 3.05) is 25.0 Å². The van der Waals surface area contributed by atoms with Crippen LogP contribution in [0.1, 0.15) is 54.4 Å². The average molecular weight is 660 g/mol. The van der Waals surface area contributed by atoms with Gasteiger partial charge >= 0.3 is 5.69 Å². The molecule has 9 nitrogen and oxygen atoms in total. The summed E-state index contributed by atoms with van der Waals surface area (Å²) in [5.74, 6) is -0.761. The quantitative estimate of drug-likeness (QED) is 0.210. The van der Waals surface area contributed by atoms with Gasteiger partial charge in [0.25, 0.3) is 9.70 Å². The lowest BCUT2D eigenvalue weighted by molar-refractivity contribution is -0.253. The predicted molar refractivity (Wildman–Crippen MR) is 171 cm³/mol. The van der Waals surface area contributed by atoms with Gasteiger partial charge in [-0.05, 0) is 48.2 Å². The van der Waals surface area contributed by atoms with Crippen LogP contribution in [0, 0.1) is 0 Å². The zero-order valence-corrected chi connectivity index (χ0v) is 26.1. The van der Waals surface area contributed by atoms with Crippen molar-refractivity contribution >= 4 is 57.4 Å². The number of carbonyl (C=O) groups is 1. The fourth-order valence-electron chi connectivity index (χ4n) is 6.08. The molecule has 0 spiro atoms. The van der Waals surface area contributed by atoms with Gasteiger partial charge in [0, 0.05) is 43.3 Å². The zero-order chi connectivity index (χ0) is 30.8. The van der Waals surface area contributed by atoms with Gasteiger partial charge in [0.1, 0.15) is 0 Å². The van der Waals surface area contributed by atoms with Crippen molar-refractivity contribution in [3.63, 3.8) is 0 Å². The van der Waals surface area contributed by atoms with Crippen molar-refractivity contribution in [1.82, 2.24) is 14.5 Å². The maximum absolute atomic E-state index is 12.8. The molecule has 1 amide bonds. The van der Waals surface area contributed by atoms with Crippen LogP contribution in [0.5, 0.6) is 0 Å². The Bertz CT molecular complexity index is 1660. The molecular weight excluding hydrogens is 627 g/mol. The first-order valence-corrected chi connectivity index (χ1v) is 15.7. The molecule has 3 aromatic carbocycles. The number of halogens is 3. The third kappa shape index (κ3) is 7.00. The summed E-state index contributed by atoms with van der Waals surface area (Å²) in [6, 6.07) is 22.7. The van der Waals surface area contributed by atoms with Gasteiger partial charge in [0.15, 0.2) is 6.29 Å².